The Balaban J connectivity index is 2.12. The number of aliphatic hydroxyl groups is 4. The van der Waals surface area contributed by atoms with E-state index in [9.17, 15) is 25.2 Å². The van der Waals surface area contributed by atoms with Crippen molar-refractivity contribution in [3.63, 3.8) is 0 Å². The van der Waals surface area contributed by atoms with E-state index in [1.165, 1.54) is 44.9 Å². The molecule has 2 aliphatic rings. The molecule has 1 aliphatic heterocycles. The number of hydrogen-bond acceptors (Lipinski definition) is 6. The zero-order valence-corrected chi connectivity index (χ0v) is 19.4. The van der Waals surface area contributed by atoms with Crippen LogP contribution in [0.15, 0.2) is 11.6 Å². The molecule has 0 bridgehead atoms. The Morgan fingerprint density at radius 1 is 0.871 bits per heavy atom. The number of ketones is 1. The van der Waals surface area contributed by atoms with Crippen molar-refractivity contribution < 1.29 is 30.0 Å². The molecule has 0 aromatic rings. The van der Waals surface area contributed by atoms with Crippen LogP contribution in [0.5, 0.6) is 0 Å². The number of hydrogen-bond donors (Lipinski definition) is 4. The van der Waals surface area contributed by atoms with Crippen LogP contribution in [-0.2, 0) is 9.53 Å². The summed E-state index contributed by atoms with van der Waals surface area (Å²) in [5.41, 5.74) is 0.402. The summed E-state index contributed by atoms with van der Waals surface area (Å²) in [5, 5.41) is 40.2. The minimum absolute atomic E-state index is 0.0484. The fourth-order valence-electron chi connectivity index (χ4n) is 5.03. The van der Waals surface area contributed by atoms with Crippen molar-refractivity contribution in [1.29, 1.82) is 0 Å². The molecule has 0 saturated carbocycles. The number of carbonyl (C=O) groups is 1. The number of Topliss-reactive ketones (excluding diaryl/α,β-unsaturated/α-hetero) is 1. The third kappa shape index (κ3) is 7.36. The zero-order valence-electron chi connectivity index (χ0n) is 19.4. The molecule has 7 atom stereocenters. The van der Waals surface area contributed by atoms with Crippen molar-refractivity contribution in [2.24, 2.45) is 11.8 Å². The molecule has 0 aromatic heterocycles. The van der Waals surface area contributed by atoms with Crippen LogP contribution in [0.3, 0.4) is 0 Å². The Bertz CT molecular complexity index is 560. The summed E-state index contributed by atoms with van der Waals surface area (Å²) < 4.78 is 5.69. The van der Waals surface area contributed by atoms with Crippen LogP contribution in [0.1, 0.15) is 90.9 Å². The smallest absolute Gasteiger partial charge is 0.161 e. The van der Waals surface area contributed by atoms with Gasteiger partial charge in [0.1, 0.15) is 30.5 Å². The first kappa shape index (κ1) is 26.5. The number of ether oxygens (including phenoxy) is 1. The SMILES string of the molecule is CCCCCCCC1CC(=O)C([C@@H]2O[C@H](CO)C(O)C(O)[C@H]2O)=CC1CCCCCC. The van der Waals surface area contributed by atoms with E-state index in [-0.39, 0.29) is 11.7 Å². The Morgan fingerprint density at radius 3 is 2.13 bits per heavy atom. The lowest BCUT2D eigenvalue weighted by molar-refractivity contribution is -0.220. The number of carbonyl (C=O) groups excluding carboxylic acids is 1. The Kier molecular flexibility index (Phi) is 11.7. The Morgan fingerprint density at radius 2 is 1.48 bits per heavy atom. The molecule has 180 valence electrons. The normalized spacial score (nSPS) is 34.1. The second-order valence-electron chi connectivity index (χ2n) is 9.47. The molecule has 0 aromatic carbocycles. The molecule has 1 aliphatic carbocycles. The highest BCUT2D eigenvalue weighted by atomic mass is 16.5. The molecule has 1 fully saturated rings. The van der Waals surface area contributed by atoms with E-state index in [2.05, 4.69) is 13.8 Å². The largest absolute Gasteiger partial charge is 0.394 e. The first-order chi connectivity index (χ1) is 14.9. The zero-order chi connectivity index (χ0) is 22.8. The highest BCUT2D eigenvalue weighted by Gasteiger charge is 2.47. The molecule has 31 heavy (non-hydrogen) atoms. The number of aliphatic hydroxyl groups excluding tert-OH is 4. The van der Waals surface area contributed by atoms with E-state index in [1.807, 2.05) is 6.08 Å². The van der Waals surface area contributed by atoms with Crippen LogP contribution in [0.4, 0.5) is 0 Å². The lowest BCUT2D eigenvalue weighted by Gasteiger charge is -2.42. The lowest BCUT2D eigenvalue weighted by Crippen LogP contribution is -2.59. The highest BCUT2D eigenvalue weighted by molar-refractivity contribution is 5.97. The molecule has 2 rings (SSSR count). The van der Waals surface area contributed by atoms with Gasteiger partial charge in [-0.05, 0) is 24.7 Å². The Hall–Kier alpha value is -0.790. The second-order valence-corrected chi connectivity index (χ2v) is 9.47. The minimum atomic E-state index is -1.45. The minimum Gasteiger partial charge on any atom is -0.394 e. The van der Waals surface area contributed by atoms with E-state index < -0.39 is 37.1 Å². The third-order valence-electron chi connectivity index (χ3n) is 7.04. The van der Waals surface area contributed by atoms with Gasteiger partial charge in [-0.3, -0.25) is 4.79 Å². The molecular weight excluding hydrogens is 396 g/mol. The molecule has 6 heteroatoms. The number of allylic oxidation sites excluding steroid dienone is 1. The van der Waals surface area contributed by atoms with Crippen LogP contribution in [0, 0.1) is 11.8 Å². The molecule has 0 amide bonds. The molecule has 1 heterocycles. The first-order valence-corrected chi connectivity index (χ1v) is 12.5. The van der Waals surface area contributed by atoms with Gasteiger partial charge in [-0.1, -0.05) is 77.7 Å². The van der Waals surface area contributed by atoms with Crippen molar-refractivity contribution in [2.75, 3.05) is 6.61 Å². The summed E-state index contributed by atoms with van der Waals surface area (Å²) in [6.07, 6.45) is 8.91. The van der Waals surface area contributed by atoms with E-state index in [4.69, 9.17) is 4.74 Å². The summed E-state index contributed by atoms with van der Waals surface area (Å²) in [6, 6.07) is 0. The van der Waals surface area contributed by atoms with Crippen molar-refractivity contribution in [3.05, 3.63) is 11.6 Å². The van der Waals surface area contributed by atoms with Crippen LogP contribution in [0.2, 0.25) is 0 Å². The predicted octanol–water partition coefficient (Wildman–Crippen LogP) is 3.29. The molecule has 0 radical (unpaired) electrons. The quantitative estimate of drug-likeness (QED) is 0.327. The van der Waals surface area contributed by atoms with Gasteiger partial charge in [0.05, 0.1) is 6.61 Å². The monoisotopic (exact) mass is 440 g/mol. The van der Waals surface area contributed by atoms with E-state index in [0.29, 0.717) is 17.9 Å². The molecule has 0 spiro atoms. The summed E-state index contributed by atoms with van der Waals surface area (Å²) >= 11 is 0. The highest BCUT2D eigenvalue weighted by Crippen LogP contribution is 2.38. The summed E-state index contributed by atoms with van der Waals surface area (Å²) in [4.78, 5) is 13.0. The first-order valence-electron chi connectivity index (χ1n) is 12.5. The maximum absolute atomic E-state index is 13.0. The van der Waals surface area contributed by atoms with Gasteiger partial charge in [0.2, 0.25) is 0 Å². The van der Waals surface area contributed by atoms with Gasteiger partial charge >= 0.3 is 0 Å². The summed E-state index contributed by atoms with van der Waals surface area (Å²) in [6.45, 7) is 3.91. The summed E-state index contributed by atoms with van der Waals surface area (Å²) in [5.74, 6) is 0.514. The van der Waals surface area contributed by atoms with Crippen molar-refractivity contribution in [2.45, 2.75) is 121 Å². The topological polar surface area (TPSA) is 107 Å². The molecule has 6 nitrogen and oxygen atoms in total. The molecule has 1 saturated heterocycles. The fourth-order valence-corrected chi connectivity index (χ4v) is 5.03. The van der Waals surface area contributed by atoms with E-state index in [1.54, 1.807) is 0 Å². The van der Waals surface area contributed by atoms with Gasteiger partial charge in [-0.25, -0.2) is 0 Å². The van der Waals surface area contributed by atoms with Crippen molar-refractivity contribution in [3.8, 4) is 0 Å². The maximum Gasteiger partial charge on any atom is 0.161 e. The van der Waals surface area contributed by atoms with Gasteiger partial charge in [0.25, 0.3) is 0 Å². The molecule has 4 N–H and O–H groups in total. The number of rotatable bonds is 13. The van der Waals surface area contributed by atoms with Gasteiger partial charge in [0.15, 0.2) is 5.78 Å². The van der Waals surface area contributed by atoms with Gasteiger partial charge in [0, 0.05) is 12.0 Å². The van der Waals surface area contributed by atoms with Crippen LogP contribution in [-0.4, -0.2) is 63.3 Å². The third-order valence-corrected chi connectivity index (χ3v) is 7.04. The Labute approximate surface area is 187 Å². The van der Waals surface area contributed by atoms with Crippen LogP contribution in [0.25, 0.3) is 0 Å². The van der Waals surface area contributed by atoms with Crippen LogP contribution < -0.4 is 0 Å². The number of unbranched alkanes of at least 4 members (excludes halogenated alkanes) is 7. The predicted molar refractivity (Wildman–Crippen MR) is 121 cm³/mol. The average Bonchev–Trinajstić information content (AvgIpc) is 2.76. The van der Waals surface area contributed by atoms with E-state index in [0.717, 1.165) is 25.7 Å². The van der Waals surface area contributed by atoms with Gasteiger partial charge in [-0.2, -0.15) is 0 Å². The lowest BCUT2D eigenvalue weighted by atomic mass is 9.73. The maximum atomic E-state index is 13.0. The average molecular weight is 441 g/mol. The van der Waals surface area contributed by atoms with Crippen LogP contribution >= 0.6 is 0 Å². The van der Waals surface area contributed by atoms with Gasteiger partial charge in [-0.15, -0.1) is 0 Å². The standard InChI is InChI=1S/C25H44O6/c1-3-5-7-9-11-13-18-15-20(27)19(14-17(18)12-10-8-6-4-2)25-24(30)23(29)22(28)21(16-26)31-25/h14,17-18,21-26,28-30H,3-13,15-16H2,1-2H3/t17?,18?,21-,22?,23?,24-,25+/m1/s1. The van der Waals surface area contributed by atoms with Crippen molar-refractivity contribution >= 4 is 5.78 Å². The van der Waals surface area contributed by atoms with E-state index >= 15 is 0 Å². The second kappa shape index (κ2) is 13.7. The molecule has 4 unspecified atom stereocenters. The summed E-state index contributed by atoms with van der Waals surface area (Å²) in [7, 11) is 0. The molecular formula is C25H44O6. The van der Waals surface area contributed by atoms with Gasteiger partial charge < -0.3 is 25.2 Å². The fraction of sp³-hybridized carbons (Fsp3) is 0.880. The van der Waals surface area contributed by atoms with Crippen molar-refractivity contribution in [1.82, 2.24) is 0 Å².